The summed E-state index contributed by atoms with van der Waals surface area (Å²) < 4.78 is 24.5. The van der Waals surface area contributed by atoms with E-state index in [9.17, 15) is 8.42 Å². The van der Waals surface area contributed by atoms with Crippen LogP contribution >= 0.6 is 0 Å². The van der Waals surface area contributed by atoms with Crippen molar-refractivity contribution in [3.05, 3.63) is 30.0 Å². The maximum Gasteiger partial charge on any atom is 0.154 e. The molecule has 0 saturated heterocycles. The van der Waals surface area contributed by atoms with Crippen LogP contribution in [0, 0.1) is 0 Å². The number of aryl methyl sites for hydroxylation is 1. The van der Waals surface area contributed by atoms with Crippen LogP contribution in [0.25, 0.3) is 10.9 Å². The number of hydrogen-bond donors (Lipinski definition) is 1. The third-order valence-electron chi connectivity index (χ3n) is 4.10. The molecule has 0 aliphatic carbocycles. The zero-order chi connectivity index (χ0) is 15.1. The van der Waals surface area contributed by atoms with E-state index in [1.807, 2.05) is 31.3 Å². The van der Waals surface area contributed by atoms with Gasteiger partial charge in [0, 0.05) is 31.2 Å². The molecule has 1 atom stereocenters. The lowest BCUT2D eigenvalue weighted by Crippen LogP contribution is -2.50. The second kappa shape index (κ2) is 4.86. The number of hydrogen-bond acceptors (Lipinski definition) is 4. The van der Waals surface area contributed by atoms with E-state index >= 15 is 0 Å². The summed E-state index contributed by atoms with van der Waals surface area (Å²) >= 11 is 0. The minimum atomic E-state index is -3.23. The molecule has 2 aromatic rings. The average Bonchev–Trinajstić information content (AvgIpc) is 2.65. The molecule has 0 spiro atoms. The van der Waals surface area contributed by atoms with Crippen molar-refractivity contribution in [2.24, 2.45) is 12.8 Å². The summed E-state index contributed by atoms with van der Waals surface area (Å²) in [6.07, 6.45) is 1.66. The highest BCUT2D eigenvalue weighted by Crippen LogP contribution is 2.24. The highest BCUT2D eigenvalue weighted by molar-refractivity contribution is 7.92. The first-order chi connectivity index (χ1) is 9.14. The summed E-state index contributed by atoms with van der Waals surface area (Å²) in [4.78, 5) is 0. The Morgan fingerprint density at radius 3 is 2.55 bits per heavy atom. The normalized spacial score (nSPS) is 14.7. The molecule has 0 aliphatic heterocycles. The number of benzene rings is 1. The molecule has 110 valence electrons. The van der Waals surface area contributed by atoms with Crippen LogP contribution in [0.2, 0.25) is 0 Å². The van der Waals surface area contributed by atoms with E-state index in [2.05, 4.69) is 5.10 Å². The van der Waals surface area contributed by atoms with E-state index in [4.69, 9.17) is 5.73 Å². The van der Waals surface area contributed by atoms with Crippen molar-refractivity contribution in [3.8, 4) is 0 Å². The van der Waals surface area contributed by atoms with Crippen LogP contribution in [0.1, 0.15) is 19.5 Å². The second-order valence-corrected chi connectivity index (χ2v) is 8.37. The molecule has 0 radical (unpaired) electrons. The van der Waals surface area contributed by atoms with E-state index in [1.165, 1.54) is 6.26 Å². The Morgan fingerprint density at radius 2 is 1.95 bits per heavy atom. The van der Waals surface area contributed by atoms with E-state index in [0.717, 1.165) is 16.6 Å². The fraction of sp³-hybridized carbons (Fsp3) is 0.500. The number of rotatable bonds is 4. The van der Waals surface area contributed by atoms with Crippen LogP contribution in [0.5, 0.6) is 0 Å². The third kappa shape index (κ3) is 2.45. The van der Waals surface area contributed by atoms with Crippen molar-refractivity contribution in [3.63, 3.8) is 0 Å². The van der Waals surface area contributed by atoms with Crippen molar-refractivity contribution in [1.29, 1.82) is 0 Å². The van der Waals surface area contributed by atoms with Gasteiger partial charge in [0.05, 0.1) is 16.0 Å². The van der Waals surface area contributed by atoms with Crippen molar-refractivity contribution in [2.75, 3.05) is 6.26 Å². The predicted octanol–water partition coefficient (Wildman–Crippen LogP) is 1.27. The first-order valence-corrected chi connectivity index (χ1v) is 8.39. The van der Waals surface area contributed by atoms with Crippen molar-refractivity contribution in [1.82, 2.24) is 9.78 Å². The molecule has 2 N–H and O–H groups in total. The predicted molar refractivity (Wildman–Crippen MR) is 81.3 cm³/mol. The molecule has 6 heteroatoms. The smallest absolute Gasteiger partial charge is 0.154 e. The minimum absolute atomic E-state index is 0.432. The third-order valence-corrected chi connectivity index (χ3v) is 6.31. The molecule has 1 aromatic carbocycles. The van der Waals surface area contributed by atoms with Gasteiger partial charge in [0.2, 0.25) is 0 Å². The Bertz CT molecular complexity index is 732. The summed E-state index contributed by atoms with van der Waals surface area (Å²) in [7, 11) is -1.35. The maximum atomic E-state index is 11.8. The van der Waals surface area contributed by atoms with Crippen LogP contribution < -0.4 is 5.73 Å². The zero-order valence-electron chi connectivity index (χ0n) is 12.3. The summed E-state index contributed by atoms with van der Waals surface area (Å²) in [5.74, 6) is 0. The number of nitrogens with zero attached hydrogens (tertiary/aromatic N) is 2. The molecule has 5 nitrogen and oxygen atoms in total. The van der Waals surface area contributed by atoms with E-state index < -0.39 is 20.6 Å². The van der Waals surface area contributed by atoms with Crippen LogP contribution in [0.15, 0.2) is 24.3 Å². The van der Waals surface area contributed by atoms with Gasteiger partial charge in [-0.05, 0) is 19.9 Å². The van der Waals surface area contributed by atoms with E-state index in [-0.39, 0.29) is 0 Å². The number of fused-ring (bicyclic) bond motifs is 1. The first-order valence-electron chi connectivity index (χ1n) is 6.50. The molecule has 0 bridgehead atoms. The number of aromatic nitrogens is 2. The number of nitrogens with two attached hydrogens (primary N) is 1. The van der Waals surface area contributed by atoms with Gasteiger partial charge in [0.15, 0.2) is 9.84 Å². The quantitative estimate of drug-likeness (QED) is 0.921. The molecular formula is C14H21N3O2S. The summed E-state index contributed by atoms with van der Waals surface area (Å²) in [6, 6.07) is 7.36. The van der Waals surface area contributed by atoms with E-state index in [1.54, 1.807) is 18.5 Å². The van der Waals surface area contributed by atoms with Gasteiger partial charge in [-0.3, -0.25) is 4.68 Å². The molecule has 0 saturated carbocycles. The van der Waals surface area contributed by atoms with Crippen LogP contribution in [-0.2, 0) is 23.3 Å². The molecule has 0 aliphatic rings. The van der Waals surface area contributed by atoms with Crippen LogP contribution in [0.4, 0.5) is 0 Å². The largest absolute Gasteiger partial charge is 0.326 e. The van der Waals surface area contributed by atoms with Gasteiger partial charge in [-0.2, -0.15) is 5.10 Å². The Morgan fingerprint density at radius 1 is 1.35 bits per heavy atom. The van der Waals surface area contributed by atoms with Crippen LogP contribution in [0.3, 0.4) is 0 Å². The molecule has 20 heavy (non-hydrogen) atoms. The minimum Gasteiger partial charge on any atom is -0.326 e. The number of para-hydroxylation sites is 1. The lowest BCUT2D eigenvalue weighted by Gasteiger charge is -2.29. The lowest BCUT2D eigenvalue weighted by molar-refractivity contribution is 0.478. The molecule has 0 amide bonds. The second-order valence-electron chi connectivity index (χ2n) is 5.77. The van der Waals surface area contributed by atoms with Crippen molar-refractivity contribution in [2.45, 2.75) is 31.1 Å². The molecule has 2 rings (SSSR count). The zero-order valence-corrected chi connectivity index (χ0v) is 13.1. The monoisotopic (exact) mass is 295 g/mol. The van der Waals surface area contributed by atoms with Gasteiger partial charge in [0.25, 0.3) is 0 Å². The summed E-state index contributed by atoms with van der Waals surface area (Å²) in [5, 5.41) is 5.49. The Hall–Kier alpha value is -1.40. The highest BCUT2D eigenvalue weighted by atomic mass is 32.2. The molecular weight excluding hydrogens is 274 g/mol. The topological polar surface area (TPSA) is 78.0 Å². The Labute approximate surface area is 119 Å². The van der Waals surface area contributed by atoms with Crippen molar-refractivity contribution >= 4 is 20.7 Å². The van der Waals surface area contributed by atoms with E-state index in [0.29, 0.717) is 6.42 Å². The van der Waals surface area contributed by atoms with Gasteiger partial charge in [-0.1, -0.05) is 18.2 Å². The molecule has 1 heterocycles. The van der Waals surface area contributed by atoms with Gasteiger partial charge in [-0.15, -0.1) is 0 Å². The van der Waals surface area contributed by atoms with Crippen molar-refractivity contribution < 1.29 is 8.42 Å². The highest BCUT2D eigenvalue weighted by Gasteiger charge is 2.37. The Balaban J connectivity index is 2.38. The van der Waals surface area contributed by atoms with Gasteiger partial charge in [0.1, 0.15) is 0 Å². The average molecular weight is 295 g/mol. The lowest BCUT2D eigenvalue weighted by atomic mass is 9.98. The molecule has 1 unspecified atom stereocenters. The molecule has 0 fully saturated rings. The van der Waals surface area contributed by atoms with Gasteiger partial charge in [-0.25, -0.2) is 8.42 Å². The number of sulfone groups is 1. The standard InChI is InChI=1S/C14H21N3O2S/c1-14(2,20(4,18)19)13(15)9-11-10-7-5-6-8-12(10)17(3)16-11/h5-8,13H,9,15H2,1-4H3. The maximum absolute atomic E-state index is 11.8. The SMILES string of the molecule is Cn1nc(CC(N)C(C)(C)S(C)(=O)=O)c2ccccc21. The van der Waals surface area contributed by atoms with Crippen LogP contribution in [-0.4, -0.2) is 35.2 Å². The van der Waals surface area contributed by atoms with Gasteiger partial charge < -0.3 is 5.73 Å². The molecule has 1 aromatic heterocycles. The fourth-order valence-corrected chi connectivity index (χ4v) is 2.80. The van der Waals surface area contributed by atoms with Gasteiger partial charge >= 0.3 is 0 Å². The summed E-state index contributed by atoms with van der Waals surface area (Å²) in [6.45, 7) is 3.33. The summed E-state index contributed by atoms with van der Waals surface area (Å²) in [5.41, 5.74) is 8.00. The fourth-order valence-electron chi connectivity index (χ4n) is 2.17. The Kier molecular flexibility index (Phi) is 3.64. The first kappa shape index (κ1) is 15.0.